The molecule has 1 aromatic carbocycles. The summed E-state index contributed by atoms with van der Waals surface area (Å²) in [4.78, 5) is 10.8. The van der Waals surface area contributed by atoms with Crippen molar-refractivity contribution in [1.82, 2.24) is 0 Å². The quantitative estimate of drug-likeness (QED) is 0.612. The molecule has 0 bridgehead atoms. The highest BCUT2D eigenvalue weighted by Gasteiger charge is 2.18. The summed E-state index contributed by atoms with van der Waals surface area (Å²) >= 11 is 6.35. The zero-order chi connectivity index (χ0) is 12.1. The van der Waals surface area contributed by atoms with E-state index in [4.69, 9.17) is 4.74 Å². The van der Waals surface area contributed by atoms with Crippen molar-refractivity contribution in [3.05, 3.63) is 34.1 Å². The second kappa shape index (κ2) is 6.35. The van der Waals surface area contributed by atoms with Crippen LogP contribution in [-0.4, -0.2) is 17.4 Å². The summed E-state index contributed by atoms with van der Waals surface area (Å²) in [7, 11) is 0. The molecular formula is C11H11Br2FO2. The highest BCUT2D eigenvalue weighted by molar-refractivity contribution is 9.10. The van der Waals surface area contributed by atoms with Gasteiger partial charge < -0.3 is 4.74 Å². The van der Waals surface area contributed by atoms with Crippen LogP contribution in [0.3, 0.4) is 0 Å². The molecule has 0 heterocycles. The van der Waals surface area contributed by atoms with E-state index in [1.165, 1.54) is 6.07 Å². The molecule has 0 N–H and O–H groups in total. The van der Waals surface area contributed by atoms with Gasteiger partial charge in [-0.1, -0.05) is 37.9 Å². The van der Waals surface area contributed by atoms with Gasteiger partial charge in [-0.25, -0.2) is 4.39 Å². The number of benzene rings is 1. The molecule has 0 aliphatic heterocycles. The van der Waals surface area contributed by atoms with Gasteiger partial charge in [0.25, 0.3) is 0 Å². The summed E-state index contributed by atoms with van der Waals surface area (Å²) in [6.07, 6.45) is 0.276. The smallest absolute Gasteiger partial charge is 0.320 e. The van der Waals surface area contributed by atoms with E-state index in [1.807, 2.05) is 0 Å². The second-order valence-corrected chi connectivity index (χ2v) is 5.18. The molecule has 0 aliphatic rings. The molecule has 0 saturated carbocycles. The Morgan fingerprint density at radius 3 is 2.81 bits per heavy atom. The lowest BCUT2D eigenvalue weighted by Crippen LogP contribution is -2.20. The molecular weight excluding hydrogens is 343 g/mol. The lowest BCUT2D eigenvalue weighted by molar-refractivity contribution is -0.142. The first kappa shape index (κ1) is 13.6. The predicted molar refractivity (Wildman–Crippen MR) is 67.2 cm³/mol. The largest absolute Gasteiger partial charge is 0.465 e. The van der Waals surface area contributed by atoms with E-state index in [2.05, 4.69) is 31.9 Å². The predicted octanol–water partition coefficient (Wildman–Crippen LogP) is 3.46. The fourth-order valence-corrected chi connectivity index (χ4v) is 2.01. The van der Waals surface area contributed by atoms with Gasteiger partial charge in [-0.05, 0) is 31.0 Å². The summed E-state index contributed by atoms with van der Waals surface area (Å²) in [6.45, 7) is 2.06. The van der Waals surface area contributed by atoms with Crippen molar-refractivity contribution < 1.29 is 13.9 Å². The molecule has 0 amide bonds. The van der Waals surface area contributed by atoms with Gasteiger partial charge in [0.2, 0.25) is 0 Å². The lowest BCUT2D eigenvalue weighted by Gasteiger charge is -2.09. The zero-order valence-electron chi connectivity index (χ0n) is 8.67. The van der Waals surface area contributed by atoms with Crippen molar-refractivity contribution in [3.8, 4) is 0 Å². The molecule has 0 saturated heterocycles. The summed E-state index contributed by atoms with van der Waals surface area (Å²) in [6, 6.07) is 4.76. The Balaban J connectivity index is 2.69. The number of rotatable bonds is 4. The van der Waals surface area contributed by atoms with Crippen LogP contribution in [0, 0.1) is 5.82 Å². The van der Waals surface area contributed by atoms with Crippen LogP contribution in [0.2, 0.25) is 0 Å². The van der Waals surface area contributed by atoms with Gasteiger partial charge in [-0.3, -0.25) is 4.79 Å². The van der Waals surface area contributed by atoms with Crippen LogP contribution in [0.5, 0.6) is 0 Å². The molecule has 0 aromatic heterocycles. The topological polar surface area (TPSA) is 26.3 Å². The van der Waals surface area contributed by atoms with Gasteiger partial charge in [0.05, 0.1) is 6.61 Å². The number of hydrogen-bond acceptors (Lipinski definition) is 2. The van der Waals surface area contributed by atoms with Gasteiger partial charge in [0, 0.05) is 4.47 Å². The summed E-state index contributed by atoms with van der Waals surface area (Å²) < 4.78 is 19.0. The number of hydrogen-bond donors (Lipinski definition) is 0. The lowest BCUT2D eigenvalue weighted by atomic mass is 10.1. The highest BCUT2D eigenvalue weighted by atomic mass is 79.9. The summed E-state index contributed by atoms with van der Waals surface area (Å²) in [5, 5.41) is 0. The fraction of sp³-hybridized carbons (Fsp3) is 0.364. The number of alkyl halides is 1. The fourth-order valence-electron chi connectivity index (χ4n) is 1.20. The molecule has 0 radical (unpaired) electrons. The first-order valence-electron chi connectivity index (χ1n) is 4.79. The maximum absolute atomic E-state index is 13.5. The Labute approximate surface area is 110 Å². The zero-order valence-corrected chi connectivity index (χ0v) is 11.8. The molecule has 5 heteroatoms. The van der Waals surface area contributed by atoms with Crippen LogP contribution in [0.25, 0.3) is 0 Å². The Bertz CT molecular complexity index is 382. The monoisotopic (exact) mass is 352 g/mol. The first-order chi connectivity index (χ1) is 7.54. The van der Waals surface area contributed by atoms with E-state index in [0.717, 1.165) is 0 Å². The van der Waals surface area contributed by atoms with Crippen molar-refractivity contribution in [2.45, 2.75) is 18.2 Å². The maximum Gasteiger partial charge on any atom is 0.320 e. The van der Waals surface area contributed by atoms with Gasteiger partial charge in [-0.2, -0.15) is 0 Å². The minimum absolute atomic E-state index is 0.276. The summed E-state index contributed by atoms with van der Waals surface area (Å²) in [5.41, 5.74) is 0.484. The average molecular weight is 354 g/mol. The van der Waals surface area contributed by atoms with E-state index in [-0.39, 0.29) is 18.2 Å². The number of carbonyl (C=O) groups is 1. The Hall–Kier alpha value is -0.420. The SMILES string of the molecule is CCOC(=O)C(Br)Cc1ccc(Br)cc1F. The number of ether oxygens (including phenoxy) is 1. The number of carbonyl (C=O) groups excluding carboxylic acids is 1. The van der Waals surface area contributed by atoms with E-state index in [9.17, 15) is 9.18 Å². The molecule has 16 heavy (non-hydrogen) atoms. The molecule has 0 aliphatic carbocycles. The molecule has 2 nitrogen and oxygen atoms in total. The Morgan fingerprint density at radius 2 is 2.25 bits per heavy atom. The minimum atomic E-state index is -0.511. The van der Waals surface area contributed by atoms with Gasteiger partial charge in [-0.15, -0.1) is 0 Å². The van der Waals surface area contributed by atoms with Crippen molar-refractivity contribution in [1.29, 1.82) is 0 Å². The van der Waals surface area contributed by atoms with Crippen LogP contribution in [0.4, 0.5) is 4.39 Å². The molecule has 88 valence electrons. The third kappa shape index (κ3) is 3.87. The van der Waals surface area contributed by atoms with Crippen LogP contribution >= 0.6 is 31.9 Å². The molecule has 0 spiro atoms. The first-order valence-corrected chi connectivity index (χ1v) is 6.50. The molecule has 1 aromatic rings. The molecule has 0 fully saturated rings. The normalized spacial score (nSPS) is 12.2. The van der Waals surface area contributed by atoms with Crippen molar-refractivity contribution in [3.63, 3.8) is 0 Å². The van der Waals surface area contributed by atoms with Gasteiger partial charge >= 0.3 is 5.97 Å². The van der Waals surface area contributed by atoms with E-state index in [0.29, 0.717) is 16.6 Å². The number of esters is 1. The van der Waals surface area contributed by atoms with Gasteiger partial charge in [0.15, 0.2) is 0 Å². The molecule has 1 unspecified atom stereocenters. The number of halogens is 3. The van der Waals surface area contributed by atoms with E-state index < -0.39 is 4.83 Å². The van der Waals surface area contributed by atoms with Gasteiger partial charge in [0.1, 0.15) is 10.6 Å². The Kier molecular flexibility index (Phi) is 5.41. The van der Waals surface area contributed by atoms with E-state index in [1.54, 1.807) is 19.1 Å². The standard InChI is InChI=1S/C11H11Br2FO2/c1-2-16-11(15)9(13)5-7-3-4-8(12)6-10(7)14/h3-4,6,9H,2,5H2,1H3. The maximum atomic E-state index is 13.5. The Morgan fingerprint density at radius 1 is 1.56 bits per heavy atom. The molecule has 1 atom stereocenters. The third-order valence-corrected chi connectivity index (χ3v) is 3.15. The van der Waals surface area contributed by atoms with Crippen molar-refractivity contribution >= 4 is 37.8 Å². The second-order valence-electron chi connectivity index (χ2n) is 3.16. The van der Waals surface area contributed by atoms with Crippen LogP contribution in [-0.2, 0) is 16.0 Å². The molecule has 1 rings (SSSR count). The van der Waals surface area contributed by atoms with Crippen LogP contribution in [0.1, 0.15) is 12.5 Å². The van der Waals surface area contributed by atoms with Crippen molar-refractivity contribution in [2.24, 2.45) is 0 Å². The minimum Gasteiger partial charge on any atom is -0.465 e. The van der Waals surface area contributed by atoms with Crippen LogP contribution in [0.15, 0.2) is 22.7 Å². The van der Waals surface area contributed by atoms with Crippen molar-refractivity contribution in [2.75, 3.05) is 6.61 Å². The average Bonchev–Trinajstić information content (AvgIpc) is 2.22. The van der Waals surface area contributed by atoms with Crippen LogP contribution < -0.4 is 0 Å². The summed E-state index contributed by atoms with van der Waals surface area (Å²) in [5.74, 6) is -0.701. The highest BCUT2D eigenvalue weighted by Crippen LogP contribution is 2.19. The third-order valence-electron chi connectivity index (χ3n) is 1.96. The van der Waals surface area contributed by atoms with E-state index >= 15 is 0 Å².